The molecule has 33 heavy (non-hydrogen) atoms. The van der Waals surface area contributed by atoms with Crippen molar-refractivity contribution in [2.75, 3.05) is 12.0 Å². The Morgan fingerprint density at radius 1 is 1.15 bits per heavy atom. The smallest absolute Gasteiger partial charge is 0.294 e. The van der Waals surface area contributed by atoms with Gasteiger partial charge in [0.15, 0.2) is 11.5 Å². The molecule has 8 heteroatoms. The van der Waals surface area contributed by atoms with Crippen molar-refractivity contribution >= 4 is 39.9 Å². The maximum Gasteiger partial charge on any atom is 0.294 e. The van der Waals surface area contributed by atoms with E-state index in [1.807, 2.05) is 0 Å². The molecule has 3 heterocycles. The summed E-state index contributed by atoms with van der Waals surface area (Å²) in [4.78, 5) is 32.3. The number of Topliss-reactive ketones (excluding diaryl/α,β-unsaturated/α-hetero) is 1. The number of aromatic nitrogens is 1. The summed E-state index contributed by atoms with van der Waals surface area (Å²) in [6, 6.07) is 15.9. The van der Waals surface area contributed by atoms with E-state index in [2.05, 4.69) is 4.98 Å². The number of hydrogen-bond acceptors (Lipinski definition) is 6. The number of carbonyl (C=O) groups is 2. The Bertz CT molecular complexity index is 1430. The van der Waals surface area contributed by atoms with Crippen molar-refractivity contribution in [3.8, 4) is 5.75 Å². The molecule has 1 N–H and O–H groups in total. The molecule has 1 unspecified atom stereocenters. The fourth-order valence-corrected chi connectivity index (χ4v) is 4.21. The van der Waals surface area contributed by atoms with Crippen molar-refractivity contribution in [2.45, 2.75) is 6.04 Å². The number of ketones is 1. The van der Waals surface area contributed by atoms with Crippen molar-refractivity contribution in [3.05, 3.63) is 101 Å². The van der Waals surface area contributed by atoms with Gasteiger partial charge in [-0.3, -0.25) is 19.5 Å². The molecular weight excluding hydrogens is 444 g/mol. The molecule has 164 valence electrons. The maximum absolute atomic E-state index is 13.6. The fourth-order valence-electron chi connectivity index (χ4n) is 4.03. The Morgan fingerprint density at radius 2 is 1.97 bits per heavy atom. The Balaban J connectivity index is 1.67. The SMILES string of the molecule is COc1ccccc1N1C(=O)C(O)=C(C(=O)c2cc3cc(Cl)ccc3o2)C1c1cccnc1. The van der Waals surface area contributed by atoms with Crippen LogP contribution in [0.4, 0.5) is 5.69 Å². The van der Waals surface area contributed by atoms with Crippen LogP contribution in [-0.2, 0) is 4.79 Å². The number of rotatable bonds is 5. The number of furan rings is 1. The number of aliphatic hydroxyl groups is 1. The zero-order chi connectivity index (χ0) is 23.1. The van der Waals surface area contributed by atoms with E-state index in [-0.39, 0.29) is 11.3 Å². The number of methoxy groups -OCH3 is 1. The van der Waals surface area contributed by atoms with Crippen LogP contribution in [0.25, 0.3) is 11.0 Å². The summed E-state index contributed by atoms with van der Waals surface area (Å²) in [6.07, 6.45) is 3.13. The van der Waals surface area contributed by atoms with Gasteiger partial charge in [-0.1, -0.05) is 29.8 Å². The first-order valence-corrected chi connectivity index (χ1v) is 10.4. The molecule has 1 amide bonds. The molecule has 2 aromatic carbocycles. The molecule has 5 rings (SSSR count). The molecular formula is C25H17ClN2O5. The largest absolute Gasteiger partial charge is 0.503 e. The van der Waals surface area contributed by atoms with Gasteiger partial charge in [0, 0.05) is 22.8 Å². The van der Waals surface area contributed by atoms with E-state index in [0.717, 1.165) is 0 Å². The van der Waals surface area contributed by atoms with E-state index < -0.39 is 23.5 Å². The number of fused-ring (bicyclic) bond motifs is 1. The minimum Gasteiger partial charge on any atom is -0.503 e. The highest BCUT2D eigenvalue weighted by Gasteiger charge is 2.46. The van der Waals surface area contributed by atoms with Crippen LogP contribution in [0, 0.1) is 0 Å². The maximum atomic E-state index is 13.6. The van der Waals surface area contributed by atoms with E-state index in [9.17, 15) is 14.7 Å². The van der Waals surface area contributed by atoms with Crippen LogP contribution in [0.2, 0.25) is 5.02 Å². The van der Waals surface area contributed by atoms with Crippen LogP contribution >= 0.6 is 11.6 Å². The number of carbonyl (C=O) groups excluding carboxylic acids is 2. The lowest BCUT2D eigenvalue weighted by Gasteiger charge is -2.27. The molecule has 0 fully saturated rings. The topological polar surface area (TPSA) is 92.9 Å². The molecule has 0 saturated heterocycles. The number of amides is 1. The van der Waals surface area contributed by atoms with E-state index >= 15 is 0 Å². The van der Waals surface area contributed by atoms with Gasteiger partial charge >= 0.3 is 0 Å². The monoisotopic (exact) mass is 460 g/mol. The zero-order valence-corrected chi connectivity index (χ0v) is 18.1. The molecule has 0 radical (unpaired) electrons. The van der Waals surface area contributed by atoms with Gasteiger partial charge in [-0.2, -0.15) is 0 Å². The second kappa shape index (κ2) is 8.11. The van der Waals surface area contributed by atoms with Gasteiger partial charge in [-0.15, -0.1) is 0 Å². The van der Waals surface area contributed by atoms with Gasteiger partial charge in [0.2, 0.25) is 5.78 Å². The average Bonchev–Trinajstić information content (AvgIpc) is 3.37. The summed E-state index contributed by atoms with van der Waals surface area (Å²) in [5, 5.41) is 12.0. The third-order valence-corrected chi connectivity index (χ3v) is 5.73. The Kier molecular flexibility index (Phi) is 5.11. The zero-order valence-electron chi connectivity index (χ0n) is 17.4. The summed E-state index contributed by atoms with van der Waals surface area (Å²) >= 11 is 6.05. The Labute approximate surface area is 193 Å². The molecule has 4 aromatic rings. The molecule has 7 nitrogen and oxygen atoms in total. The quantitative estimate of drug-likeness (QED) is 0.408. The average molecular weight is 461 g/mol. The molecule has 1 atom stereocenters. The van der Waals surface area contributed by atoms with Gasteiger partial charge in [0.05, 0.1) is 24.4 Å². The third kappa shape index (κ3) is 3.43. The molecule has 1 aliphatic rings. The van der Waals surface area contributed by atoms with Crippen LogP contribution in [0.3, 0.4) is 0 Å². The second-order valence-corrected chi connectivity index (χ2v) is 7.86. The van der Waals surface area contributed by atoms with Crippen molar-refractivity contribution in [2.24, 2.45) is 0 Å². The lowest BCUT2D eigenvalue weighted by atomic mass is 9.96. The molecule has 0 spiro atoms. The second-order valence-electron chi connectivity index (χ2n) is 7.42. The lowest BCUT2D eigenvalue weighted by molar-refractivity contribution is -0.117. The van der Waals surface area contributed by atoms with Crippen molar-refractivity contribution < 1.29 is 23.8 Å². The lowest BCUT2D eigenvalue weighted by Crippen LogP contribution is -2.31. The predicted molar refractivity (Wildman–Crippen MR) is 123 cm³/mol. The molecule has 0 saturated carbocycles. The number of pyridine rings is 1. The number of nitrogens with zero attached hydrogens (tertiary/aromatic N) is 2. The first kappa shape index (κ1) is 20.8. The minimum atomic E-state index is -0.938. The first-order chi connectivity index (χ1) is 16.0. The van der Waals surface area contributed by atoms with Crippen molar-refractivity contribution in [1.82, 2.24) is 4.98 Å². The first-order valence-electron chi connectivity index (χ1n) is 10.0. The summed E-state index contributed by atoms with van der Waals surface area (Å²) in [7, 11) is 1.48. The summed E-state index contributed by atoms with van der Waals surface area (Å²) in [5.74, 6) is -1.59. The van der Waals surface area contributed by atoms with E-state index in [0.29, 0.717) is 33.0 Å². The number of ether oxygens (including phenoxy) is 1. The number of benzene rings is 2. The van der Waals surface area contributed by atoms with Crippen LogP contribution in [0.5, 0.6) is 5.75 Å². The van der Waals surface area contributed by atoms with Crippen LogP contribution in [-0.4, -0.2) is 28.9 Å². The highest BCUT2D eigenvalue weighted by atomic mass is 35.5. The Hall–Kier alpha value is -4.10. The van der Waals surface area contributed by atoms with Crippen molar-refractivity contribution in [1.29, 1.82) is 0 Å². The Morgan fingerprint density at radius 3 is 2.73 bits per heavy atom. The summed E-state index contributed by atoms with van der Waals surface area (Å²) in [5.41, 5.74) is 1.31. The number of hydrogen-bond donors (Lipinski definition) is 1. The number of anilines is 1. The standard InChI is InChI=1S/C25H17ClN2O5/c1-32-19-7-3-2-6-17(19)28-22(14-5-4-10-27-13-14)21(24(30)25(28)31)23(29)20-12-15-11-16(26)8-9-18(15)33-20/h2-13,22,30H,1H3. The van der Waals surface area contributed by atoms with Crippen LogP contribution in [0.1, 0.15) is 22.2 Å². The number of aliphatic hydroxyl groups excluding tert-OH is 1. The van der Waals surface area contributed by atoms with Gasteiger partial charge in [-0.05, 0) is 48.0 Å². The van der Waals surface area contributed by atoms with Gasteiger partial charge in [0.1, 0.15) is 11.3 Å². The number of para-hydroxylation sites is 2. The van der Waals surface area contributed by atoms with Crippen LogP contribution < -0.4 is 9.64 Å². The fraction of sp³-hybridized carbons (Fsp3) is 0.0800. The minimum absolute atomic E-state index is 0.0163. The van der Waals surface area contributed by atoms with E-state index in [1.54, 1.807) is 73.1 Å². The van der Waals surface area contributed by atoms with E-state index in [4.69, 9.17) is 20.8 Å². The molecule has 1 aliphatic heterocycles. The molecule has 0 bridgehead atoms. The molecule has 2 aromatic heterocycles. The predicted octanol–water partition coefficient (Wildman–Crippen LogP) is 5.27. The van der Waals surface area contributed by atoms with Crippen molar-refractivity contribution in [3.63, 3.8) is 0 Å². The third-order valence-electron chi connectivity index (χ3n) is 5.50. The highest BCUT2D eigenvalue weighted by Crippen LogP contribution is 2.44. The van der Waals surface area contributed by atoms with Crippen LogP contribution in [0.15, 0.2) is 88.8 Å². The number of halogens is 1. The van der Waals surface area contributed by atoms with Gasteiger partial charge in [-0.25, -0.2) is 0 Å². The normalized spacial score (nSPS) is 16.0. The van der Waals surface area contributed by atoms with Gasteiger partial charge in [0.25, 0.3) is 5.91 Å². The summed E-state index contributed by atoms with van der Waals surface area (Å²) < 4.78 is 11.2. The summed E-state index contributed by atoms with van der Waals surface area (Å²) in [6.45, 7) is 0. The molecule has 0 aliphatic carbocycles. The van der Waals surface area contributed by atoms with Gasteiger partial charge < -0.3 is 14.3 Å². The highest BCUT2D eigenvalue weighted by molar-refractivity contribution is 6.31. The van der Waals surface area contributed by atoms with E-state index in [1.165, 1.54) is 12.0 Å².